The molecule has 1 aliphatic rings. The maximum Gasteiger partial charge on any atom is 0.318 e. The number of nitrogens with one attached hydrogen (secondary N) is 2. The smallest absolute Gasteiger partial charge is 0.318 e. The number of carbonyl (C=O) groups excluding carboxylic acids is 2. The molecule has 9 heteroatoms. The molecule has 0 radical (unpaired) electrons. The highest BCUT2D eigenvalue weighted by atomic mass is 16.2. The van der Waals surface area contributed by atoms with Gasteiger partial charge in [-0.25, -0.2) is 4.79 Å². The molecule has 3 rings (SSSR count). The SMILES string of the molecule is CC(NC(=O)N1CCCNC(=O)C1C)c1nnnn1-c1ccccc1. The van der Waals surface area contributed by atoms with Crippen LogP contribution >= 0.6 is 0 Å². The number of urea groups is 1. The predicted molar refractivity (Wildman–Crippen MR) is 89.9 cm³/mol. The average molecular weight is 343 g/mol. The van der Waals surface area contributed by atoms with Crippen LogP contribution in [0.25, 0.3) is 5.69 Å². The van der Waals surface area contributed by atoms with E-state index in [4.69, 9.17) is 0 Å². The molecule has 2 heterocycles. The fourth-order valence-electron chi connectivity index (χ4n) is 2.77. The Hall–Kier alpha value is -2.97. The molecule has 2 N–H and O–H groups in total. The third kappa shape index (κ3) is 3.59. The van der Waals surface area contributed by atoms with Gasteiger partial charge in [0.15, 0.2) is 5.82 Å². The molecule has 1 aromatic heterocycles. The molecule has 25 heavy (non-hydrogen) atoms. The van der Waals surface area contributed by atoms with E-state index in [0.717, 1.165) is 12.1 Å². The fourth-order valence-corrected chi connectivity index (χ4v) is 2.77. The lowest BCUT2D eigenvalue weighted by molar-refractivity contribution is -0.124. The van der Waals surface area contributed by atoms with Crippen molar-refractivity contribution >= 4 is 11.9 Å². The van der Waals surface area contributed by atoms with Crippen LogP contribution in [0.1, 0.15) is 32.1 Å². The molecule has 0 spiro atoms. The summed E-state index contributed by atoms with van der Waals surface area (Å²) >= 11 is 0. The molecule has 2 unspecified atom stereocenters. The predicted octanol–water partition coefficient (Wildman–Crippen LogP) is 0.643. The quantitative estimate of drug-likeness (QED) is 0.851. The Labute approximate surface area is 145 Å². The highest BCUT2D eigenvalue weighted by Gasteiger charge is 2.29. The molecule has 1 saturated heterocycles. The maximum atomic E-state index is 12.6. The Bertz CT molecular complexity index is 746. The highest BCUT2D eigenvalue weighted by Crippen LogP contribution is 2.15. The minimum Gasteiger partial charge on any atom is -0.354 e. The van der Waals surface area contributed by atoms with Crippen LogP contribution < -0.4 is 10.6 Å². The second kappa shape index (κ2) is 7.29. The van der Waals surface area contributed by atoms with Gasteiger partial charge in [0.1, 0.15) is 6.04 Å². The molecule has 1 aliphatic heterocycles. The van der Waals surface area contributed by atoms with E-state index in [-0.39, 0.29) is 11.9 Å². The van der Waals surface area contributed by atoms with Crippen molar-refractivity contribution < 1.29 is 9.59 Å². The topological polar surface area (TPSA) is 105 Å². The van der Waals surface area contributed by atoms with Gasteiger partial charge in [-0.1, -0.05) is 18.2 Å². The number of tetrazole rings is 1. The van der Waals surface area contributed by atoms with Crippen LogP contribution in [-0.4, -0.2) is 56.2 Å². The lowest BCUT2D eigenvalue weighted by atomic mass is 10.2. The van der Waals surface area contributed by atoms with Gasteiger partial charge in [0, 0.05) is 13.1 Å². The number of carbonyl (C=O) groups is 2. The van der Waals surface area contributed by atoms with E-state index in [1.54, 1.807) is 11.6 Å². The van der Waals surface area contributed by atoms with Crippen molar-refractivity contribution in [3.05, 3.63) is 36.2 Å². The Balaban J connectivity index is 1.74. The second-order valence-electron chi connectivity index (χ2n) is 5.97. The van der Waals surface area contributed by atoms with Gasteiger partial charge in [-0.15, -0.1) is 5.10 Å². The number of rotatable bonds is 3. The molecule has 0 saturated carbocycles. The number of hydrogen-bond acceptors (Lipinski definition) is 5. The normalized spacial score (nSPS) is 19.0. The minimum absolute atomic E-state index is 0.144. The van der Waals surface area contributed by atoms with Crippen LogP contribution in [0.15, 0.2) is 30.3 Å². The van der Waals surface area contributed by atoms with E-state index in [2.05, 4.69) is 26.2 Å². The van der Waals surface area contributed by atoms with E-state index in [9.17, 15) is 9.59 Å². The average Bonchev–Trinajstić information content (AvgIpc) is 3.05. The molecule has 1 aromatic carbocycles. The van der Waals surface area contributed by atoms with Crippen molar-refractivity contribution in [2.75, 3.05) is 13.1 Å². The lowest BCUT2D eigenvalue weighted by Gasteiger charge is -2.27. The van der Waals surface area contributed by atoms with E-state index in [1.807, 2.05) is 37.3 Å². The zero-order valence-corrected chi connectivity index (χ0v) is 14.2. The van der Waals surface area contributed by atoms with Gasteiger partial charge >= 0.3 is 6.03 Å². The number of hydrogen-bond donors (Lipinski definition) is 2. The summed E-state index contributed by atoms with van der Waals surface area (Å²) in [7, 11) is 0. The van der Waals surface area contributed by atoms with Crippen LogP contribution in [0.5, 0.6) is 0 Å². The van der Waals surface area contributed by atoms with Crippen LogP contribution in [0.3, 0.4) is 0 Å². The van der Waals surface area contributed by atoms with Gasteiger partial charge in [0.05, 0.1) is 11.7 Å². The summed E-state index contributed by atoms with van der Waals surface area (Å²) < 4.78 is 1.59. The number of aromatic nitrogens is 4. The first-order valence-electron chi connectivity index (χ1n) is 8.26. The lowest BCUT2D eigenvalue weighted by Crippen LogP contribution is -2.50. The number of nitrogens with zero attached hydrogens (tertiary/aromatic N) is 5. The fraction of sp³-hybridized carbons (Fsp3) is 0.438. The van der Waals surface area contributed by atoms with Gasteiger partial charge in [0.25, 0.3) is 0 Å². The van der Waals surface area contributed by atoms with Crippen molar-refractivity contribution in [2.45, 2.75) is 32.4 Å². The van der Waals surface area contributed by atoms with Crippen LogP contribution in [0.2, 0.25) is 0 Å². The van der Waals surface area contributed by atoms with Crippen LogP contribution in [-0.2, 0) is 4.79 Å². The van der Waals surface area contributed by atoms with E-state index in [0.29, 0.717) is 18.9 Å². The summed E-state index contributed by atoms with van der Waals surface area (Å²) in [6.07, 6.45) is 0.722. The summed E-state index contributed by atoms with van der Waals surface area (Å²) in [5.41, 5.74) is 0.811. The third-order valence-electron chi connectivity index (χ3n) is 4.20. The molecule has 3 amide bonds. The highest BCUT2D eigenvalue weighted by molar-refractivity contribution is 5.87. The first-order chi connectivity index (χ1) is 12.1. The standard InChI is InChI=1S/C16H21N7O2/c1-11(14-19-20-21-23(14)13-7-4-3-5-8-13)18-16(25)22-10-6-9-17-15(24)12(22)2/h3-5,7-8,11-12H,6,9-10H2,1-2H3,(H,17,24)(H,18,25). The van der Waals surface area contributed by atoms with Gasteiger partial charge in [-0.05, 0) is 42.8 Å². The monoisotopic (exact) mass is 343 g/mol. The summed E-state index contributed by atoms with van der Waals surface area (Å²) in [5, 5.41) is 17.4. The zero-order chi connectivity index (χ0) is 17.8. The zero-order valence-electron chi connectivity index (χ0n) is 14.2. The minimum atomic E-state index is -0.514. The summed E-state index contributed by atoms with van der Waals surface area (Å²) in [4.78, 5) is 26.1. The molecule has 1 fully saturated rings. The van der Waals surface area contributed by atoms with E-state index < -0.39 is 12.1 Å². The van der Waals surface area contributed by atoms with E-state index in [1.165, 1.54) is 4.90 Å². The van der Waals surface area contributed by atoms with Crippen molar-refractivity contribution in [1.29, 1.82) is 0 Å². The molecule has 2 atom stereocenters. The molecule has 9 nitrogen and oxygen atoms in total. The largest absolute Gasteiger partial charge is 0.354 e. The number of para-hydroxylation sites is 1. The Morgan fingerprint density at radius 3 is 2.88 bits per heavy atom. The van der Waals surface area contributed by atoms with Crippen LogP contribution in [0.4, 0.5) is 4.79 Å². The van der Waals surface area contributed by atoms with Gasteiger partial charge in [-0.2, -0.15) is 4.68 Å². The second-order valence-corrected chi connectivity index (χ2v) is 5.97. The van der Waals surface area contributed by atoms with Gasteiger partial charge in [-0.3, -0.25) is 4.79 Å². The first kappa shape index (κ1) is 16.9. The van der Waals surface area contributed by atoms with Crippen molar-refractivity contribution in [1.82, 2.24) is 35.7 Å². The van der Waals surface area contributed by atoms with Crippen molar-refractivity contribution in [3.8, 4) is 5.69 Å². The first-order valence-corrected chi connectivity index (χ1v) is 8.26. The Morgan fingerprint density at radius 2 is 2.12 bits per heavy atom. The summed E-state index contributed by atoms with van der Waals surface area (Å²) in [6.45, 7) is 4.63. The van der Waals surface area contributed by atoms with Crippen molar-refractivity contribution in [2.24, 2.45) is 0 Å². The Morgan fingerprint density at radius 1 is 1.36 bits per heavy atom. The third-order valence-corrected chi connectivity index (χ3v) is 4.20. The molecule has 0 aliphatic carbocycles. The van der Waals surface area contributed by atoms with Crippen LogP contribution in [0, 0.1) is 0 Å². The maximum absolute atomic E-state index is 12.6. The summed E-state index contributed by atoms with van der Waals surface area (Å²) in [5.74, 6) is 0.376. The Kier molecular flexibility index (Phi) is 4.92. The number of amides is 3. The number of benzene rings is 1. The molecular weight excluding hydrogens is 322 g/mol. The van der Waals surface area contributed by atoms with E-state index >= 15 is 0 Å². The molecular formula is C16H21N7O2. The van der Waals surface area contributed by atoms with Gasteiger partial charge < -0.3 is 15.5 Å². The molecule has 0 bridgehead atoms. The molecule has 132 valence electrons. The van der Waals surface area contributed by atoms with Crippen molar-refractivity contribution in [3.63, 3.8) is 0 Å². The molecule has 2 aromatic rings. The summed E-state index contributed by atoms with van der Waals surface area (Å²) in [6, 6.07) is 8.22. The van der Waals surface area contributed by atoms with Gasteiger partial charge in [0.2, 0.25) is 5.91 Å².